The minimum Gasteiger partial charge on any atom is -0.333 e. The Labute approximate surface area is 163 Å². The Morgan fingerprint density at radius 2 is 2.00 bits per heavy atom. The number of rotatable bonds is 5. The lowest BCUT2D eigenvalue weighted by molar-refractivity contribution is -0.130. The molecule has 5 nitrogen and oxygen atoms in total. The second-order valence-electron chi connectivity index (χ2n) is 7.68. The summed E-state index contributed by atoms with van der Waals surface area (Å²) >= 11 is 1.36. The molecule has 0 spiro atoms. The maximum Gasteiger partial charge on any atom is 0.317 e. The van der Waals surface area contributed by atoms with Crippen molar-refractivity contribution in [2.45, 2.75) is 50.3 Å². The zero-order chi connectivity index (χ0) is 20.4. The van der Waals surface area contributed by atoms with E-state index in [1.54, 1.807) is 11.9 Å². The van der Waals surface area contributed by atoms with Crippen LogP contribution >= 0.6 is 11.8 Å². The van der Waals surface area contributed by atoms with Crippen LogP contribution in [0.15, 0.2) is 18.2 Å². The van der Waals surface area contributed by atoms with Gasteiger partial charge in [-0.15, -0.1) is 11.8 Å². The highest BCUT2D eigenvalue weighted by Crippen LogP contribution is 2.44. The molecule has 1 aliphatic heterocycles. The molecule has 8 heteroatoms. The van der Waals surface area contributed by atoms with Crippen molar-refractivity contribution in [3.8, 4) is 0 Å². The fraction of sp³-hybridized carbons (Fsp3) is 0.579. The Kier molecular flexibility index (Phi) is 6.72. The smallest absolute Gasteiger partial charge is 0.317 e. The standard InChI is InChI=1S/C19H27F2N3O2S/c1-6-15-16(25)24(10-9-23(5)18(26)22-19(2,3)4)17(27-15)13-8-7-12(20)11-14(13)21/h7-8,11,15,17H,6,9-10H2,1-5H3,(H,22,26)/t15-,17+/m0/s1. The highest BCUT2D eigenvalue weighted by molar-refractivity contribution is 8.01. The number of halogens is 2. The molecule has 1 fully saturated rings. The Bertz CT molecular complexity index is 709. The first kappa shape index (κ1) is 21.5. The van der Waals surface area contributed by atoms with E-state index in [-0.39, 0.29) is 34.8 Å². The number of urea groups is 1. The van der Waals surface area contributed by atoms with Crippen molar-refractivity contribution < 1.29 is 18.4 Å². The topological polar surface area (TPSA) is 52.6 Å². The Morgan fingerprint density at radius 1 is 1.33 bits per heavy atom. The number of carbonyl (C=O) groups excluding carboxylic acids is 2. The molecular weight excluding hydrogens is 372 g/mol. The third-order valence-electron chi connectivity index (χ3n) is 4.24. The van der Waals surface area contributed by atoms with Gasteiger partial charge in [0, 0.05) is 37.3 Å². The summed E-state index contributed by atoms with van der Waals surface area (Å²) in [5, 5.41) is 2.06. The van der Waals surface area contributed by atoms with Crippen molar-refractivity contribution in [1.29, 1.82) is 0 Å². The van der Waals surface area contributed by atoms with Gasteiger partial charge in [-0.3, -0.25) is 4.79 Å². The molecule has 1 heterocycles. The molecule has 1 aromatic carbocycles. The van der Waals surface area contributed by atoms with Gasteiger partial charge in [-0.1, -0.05) is 13.0 Å². The second-order valence-corrected chi connectivity index (χ2v) is 8.97. The summed E-state index contributed by atoms with van der Waals surface area (Å²) in [5.74, 6) is -1.40. The summed E-state index contributed by atoms with van der Waals surface area (Å²) in [4.78, 5) is 28.0. The number of benzene rings is 1. The first-order chi connectivity index (χ1) is 12.5. The van der Waals surface area contributed by atoms with Crippen LogP contribution in [0.2, 0.25) is 0 Å². The summed E-state index contributed by atoms with van der Waals surface area (Å²) < 4.78 is 27.5. The number of nitrogens with one attached hydrogen (secondary N) is 1. The normalized spacial score (nSPS) is 20.1. The molecule has 2 rings (SSSR count). The number of hydrogen-bond acceptors (Lipinski definition) is 3. The van der Waals surface area contributed by atoms with Crippen LogP contribution < -0.4 is 5.32 Å². The van der Waals surface area contributed by atoms with Gasteiger partial charge >= 0.3 is 6.03 Å². The molecule has 0 aromatic heterocycles. The van der Waals surface area contributed by atoms with Gasteiger partial charge in [0.2, 0.25) is 5.91 Å². The van der Waals surface area contributed by atoms with Crippen LogP contribution in [0.25, 0.3) is 0 Å². The van der Waals surface area contributed by atoms with E-state index in [1.165, 1.54) is 28.8 Å². The monoisotopic (exact) mass is 399 g/mol. The number of amides is 3. The zero-order valence-corrected chi connectivity index (χ0v) is 17.2. The lowest BCUT2D eigenvalue weighted by atomic mass is 10.1. The fourth-order valence-electron chi connectivity index (χ4n) is 2.80. The van der Waals surface area contributed by atoms with E-state index in [0.29, 0.717) is 13.0 Å². The van der Waals surface area contributed by atoms with E-state index in [1.807, 2.05) is 27.7 Å². The molecule has 0 radical (unpaired) electrons. The van der Waals surface area contributed by atoms with E-state index >= 15 is 0 Å². The highest BCUT2D eigenvalue weighted by Gasteiger charge is 2.41. The molecule has 1 aliphatic rings. The average molecular weight is 400 g/mol. The van der Waals surface area contributed by atoms with Crippen molar-refractivity contribution in [2.24, 2.45) is 0 Å². The van der Waals surface area contributed by atoms with Gasteiger partial charge in [-0.05, 0) is 33.3 Å². The van der Waals surface area contributed by atoms with E-state index in [2.05, 4.69) is 5.32 Å². The van der Waals surface area contributed by atoms with Gasteiger partial charge in [0.05, 0.1) is 5.25 Å². The van der Waals surface area contributed by atoms with Crippen LogP contribution in [0, 0.1) is 11.6 Å². The predicted octanol–water partition coefficient (Wildman–Crippen LogP) is 3.76. The number of carbonyl (C=O) groups is 2. The van der Waals surface area contributed by atoms with Crippen molar-refractivity contribution in [3.63, 3.8) is 0 Å². The largest absolute Gasteiger partial charge is 0.333 e. The van der Waals surface area contributed by atoms with Crippen molar-refractivity contribution in [2.75, 3.05) is 20.1 Å². The van der Waals surface area contributed by atoms with Crippen LogP contribution in [0.4, 0.5) is 13.6 Å². The molecule has 0 unspecified atom stereocenters. The first-order valence-corrected chi connectivity index (χ1v) is 9.92. The Balaban J connectivity index is 2.13. The third-order valence-corrected chi connectivity index (χ3v) is 5.87. The van der Waals surface area contributed by atoms with Crippen molar-refractivity contribution in [3.05, 3.63) is 35.4 Å². The SMILES string of the molecule is CC[C@@H]1S[C@H](c2ccc(F)cc2F)N(CCN(C)C(=O)NC(C)(C)C)C1=O. The molecule has 1 saturated heterocycles. The van der Waals surface area contributed by atoms with Gasteiger partial charge in [0.25, 0.3) is 0 Å². The molecule has 27 heavy (non-hydrogen) atoms. The average Bonchev–Trinajstić information content (AvgIpc) is 2.86. The maximum absolute atomic E-state index is 14.3. The molecular formula is C19H27F2N3O2S. The predicted molar refractivity (Wildman–Crippen MR) is 103 cm³/mol. The minimum absolute atomic E-state index is 0.0825. The van der Waals surface area contributed by atoms with Crippen LogP contribution in [-0.2, 0) is 4.79 Å². The lowest BCUT2D eigenvalue weighted by Gasteiger charge is -2.29. The van der Waals surface area contributed by atoms with Gasteiger partial charge in [0.15, 0.2) is 0 Å². The summed E-state index contributed by atoms with van der Waals surface area (Å²) in [6, 6.07) is 3.18. The molecule has 150 valence electrons. The molecule has 1 aromatic rings. The molecule has 2 atom stereocenters. The number of nitrogens with zero attached hydrogens (tertiary/aromatic N) is 2. The zero-order valence-electron chi connectivity index (χ0n) is 16.4. The van der Waals surface area contributed by atoms with Crippen molar-refractivity contribution in [1.82, 2.24) is 15.1 Å². The highest BCUT2D eigenvalue weighted by atomic mass is 32.2. The maximum atomic E-state index is 14.3. The van der Waals surface area contributed by atoms with E-state index in [9.17, 15) is 18.4 Å². The van der Waals surface area contributed by atoms with E-state index in [4.69, 9.17) is 0 Å². The number of thioether (sulfide) groups is 1. The third kappa shape index (κ3) is 5.34. The summed E-state index contributed by atoms with van der Waals surface area (Å²) in [6.45, 7) is 8.15. The Morgan fingerprint density at radius 3 is 2.56 bits per heavy atom. The summed E-state index contributed by atoms with van der Waals surface area (Å²) in [7, 11) is 1.65. The summed E-state index contributed by atoms with van der Waals surface area (Å²) in [5.41, 5.74) is -0.0786. The number of hydrogen-bond donors (Lipinski definition) is 1. The van der Waals surface area contributed by atoms with Gasteiger partial charge in [-0.2, -0.15) is 0 Å². The van der Waals surface area contributed by atoms with Crippen LogP contribution in [-0.4, -0.2) is 52.7 Å². The quantitative estimate of drug-likeness (QED) is 0.820. The minimum atomic E-state index is -0.666. The number of likely N-dealkylation sites (N-methyl/N-ethyl adjacent to an activating group) is 1. The Hall–Kier alpha value is -1.83. The summed E-state index contributed by atoms with van der Waals surface area (Å²) in [6.07, 6.45) is 0.625. The molecule has 0 saturated carbocycles. The van der Waals surface area contributed by atoms with Gasteiger partial charge in [0.1, 0.15) is 17.0 Å². The molecule has 1 N–H and O–H groups in total. The molecule has 0 aliphatic carbocycles. The van der Waals surface area contributed by atoms with E-state index < -0.39 is 17.0 Å². The lowest BCUT2D eigenvalue weighted by Crippen LogP contribution is -2.49. The molecule has 0 bridgehead atoms. The van der Waals surface area contributed by atoms with Gasteiger partial charge < -0.3 is 15.1 Å². The fourth-order valence-corrected chi connectivity index (χ4v) is 4.25. The second kappa shape index (κ2) is 8.46. The van der Waals surface area contributed by atoms with E-state index in [0.717, 1.165) is 6.07 Å². The van der Waals surface area contributed by atoms with Crippen LogP contribution in [0.5, 0.6) is 0 Å². The van der Waals surface area contributed by atoms with Crippen LogP contribution in [0.1, 0.15) is 45.1 Å². The van der Waals surface area contributed by atoms with Crippen LogP contribution in [0.3, 0.4) is 0 Å². The van der Waals surface area contributed by atoms with Gasteiger partial charge in [-0.25, -0.2) is 13.6 Å². The molecule has 3 amide bonds. The first-order valence-electron chi connectivity index (χ1n) is 8.97. The van der Waals surface area contributed by atoms with Crippen molar-refractivity contribution >= 4 is 23.7 Å².